The molecular weight excluding hydrogens is 466 g/mol. The number of carbonyl (C=O) groups excluding carboxylic acids is 4. The number of fused-ring (bicyclic) bond motifs is 2. The van der Waals surface area contributed by atoms with E-state index in [0.29, 0.717) is 34.5 Å². The molecule has 1 saturated heterocycles. The van der Waals surface area contributed by atoms with Crippen molar-refractivity contribution in [3.8, 4) is 5.69 Å². The topological polar surface area (TPSA) is 152 Å². The second-order valence-corrected chi connectivity index (χ2v) is 8.58. The molecule has 0 radical (unpaired) electrons. The molecule has 12 heteroatoms. The summed E-state index contributed by atoms with van der Waals surface area (Å²) in [5.74, 6) is -1.45. The number of furan rings is 1. The molecule has 12 nitrogen and oxygen atoms in total. The highest BCUT2D eigenvalue weighted by Gasteiger charge is 2.39. The number of nitrogens with zero attached hydrogens (tertiary/aromatic N) is 5. The van der Waals surface area contributed by atoms with E-state index in [2.05, 4.69) is 25.9 Å². The molecule has 2 N–H and O–H groups in total. The highest BCUT2D eigenvalue weighted by Crippen LogP contribution is 2.29. The predicted octanol–water partition coefficient (Wildman–Crippen LogP) is 1.10. The van der Waals surface area contributed by atoms with Crippen molar-refractivity contribution >= 4 is 34.7 Å². The summed E-state index contributed by atoms with van der Waals surface area (Å²) in [4.78, 5) is 55.0. The number of amides is 4. The zero-order chi connectivity index (χ0) is 24.8. The Morgan fingerprint density at radius 2 is 2.06 bits per heavy atom. The lowest BCUT2D eigenvalue weighted by Crippen LogP contribution is -2.52. The first-order chi connectivity index (χ1) is 17.5. The van der Waals surface area contributed by atoms with Crippen LogP contribution in [0, 0.1) is 0 Å². The minimum Gasteiger partial charge on any atom is -0.463 e. The van der Waals surface area contributed by atoms with Crippen molar-refractivity contribution in [1.82, 2.24) is 35.5 Å². The molecule has 6 rings (SSSR count). The fourth-order valence-corrected chi connectivity index (χ4v) is 4.45. The third kappa shape index (κ3) is 3.78. The monoisotopic (exact) mass is 485 g/mol. The Labute approximate surface area is 203 Å². The molecule has 0 saturated carbocycles. The molecule has 4 aromatic rings. The number of piperidine rings is 1. The van der Waals surface area contributed by atoms with Crippen molar-refractivity contribution in [2.24, 2.45) is 0 Å². The number of carbonyl (C=O) groups is 4. The van der Waals surface area contributed by atoms with Crippen LogP contribution in [-0.2, 0) is 22.7 Å². The quantitative estimate of drug-likeness (QED) is 0.399. The molecule has 1 aromatic carbocycles. The molecule has 2 aliphatic heterocycles. The Balaban J connectivity index is 1.15. The number of rotatable bonds is 5. The van der Waals surface area contributed by atoms with Crippen LogP contribution in [0.4, 0.5) is 0 Å². The van der Waals surface area contributed by atoms with Crippen LogP contribution >= 0.6 is 0 Å². The third-order valence-electron chi connectivity index (χ3n) is 6.29. The standard InChI is InChI=1S/C24H19N7O5/c32-21-6-4-19(23(34)27-21)30-11-13-9-15(2-3-16(13)24(30)35)31-12-18(28-29-31)22(33)25-10-14-1-5-20-17(26-14)7-8-36-20/h1-3,5,7-9,12,19H,4,6,10-11H2,(H,25,33)(H,27,32,34). The first-order valence-electron chi connectivity index (χ1n) is 11.3. The number of aromatic nitrogens is 4. The van der Waals surface area contributed by atoms with Crippen molar-refractivity contribution in [1.29, 1.82) is 0 Å². The molecule has 0 spiro atoms. The zero-order valence-corrected chi connectivity index (χ0v) is 18.8. The van der Waals surface area contributed by atoms with Crippen LogP contribution in [-0.4, -0.2) is 54.5 Å². The van der Waals surface area contributed by atoms with Gasteiger partial charge in [-0.3, -0.25) is 24.5 Å². The molecule has 0 aliphatic carbocycles. The van der Waals surface area contributed by atoms with E-state index in [1.165, 1.54) is 15.8 Å². The van der Waals surface area contributed by atoms with E-state index in [9.17, 15) is 19.2 Å². The van der Waals surface area contributed by atoms with Gasteiger partial charge in [-0.15, -0.1) is 5.10 Å². The molecule has 1 fully saturated rings. The first kappa shape index (κ1) is 21.6. The van der Waals surface area contributed by atoms with Gasteiger partial charge in [0.1, 0.15) is 11.6 Å². The number of hydrogen-bond acceptors (Lipinski definition) is 8. The van der Waals surface area contributed by atoms with Gasteiger partial charge in [0, 0.05) is 24.6 Å². The fourth-order valence-electron chi connectivity index (χ4n) is 4.45. The average molecular weight is 485 g/mol. The first-order valence-corrected chi connectivity index (χ1v) is 11.3. The van der Waals surface area contributed by atoms with E-state index < -0.39 is 17.9 Å². The predicted molar refractivity (Wildman–Crippen MR) is 123 cm³/mol. The van der Waals surface area contributed by atoms with Crippen LogP contribution in [0.15, 0.2) is 53.3 Å². The van der Waals surface area contributed by atoms with Crippen molar-refractivity contribution < 1.29 is 23.6 Å². The lowest BCUT2D eigenvalue weighted by atomic mass is 10.0. The van der Waals surface area contributed by atoms with Gasteiger partial charge in [-0.2, -0.15) is 0 Å². The summed E-state index contributed by atoms with van der Waals surface area (Å²) in [5, 5.41) is 13.1. The van der Waals surface area contributed by atoms with Gasteiger partial charge in [-0.25, -0.2) is 9.67 Å². The van der Waals surface area contributed by atoms with Gasteiger partial charge in [0.05, 0.1) is 30.4 Å². The third-order valence-corrected chi connectivity index (χ3v) is 6.29. The Morgan fingerprint density at radius 1 is 1.17 bits per heavy atom. The maximum Gasteiger partial charge on any atom is 0.273 e. The smallest absolute Gasteiger partial charge is 0.273 e. The van der Waals surface area contributed by atoms with Gasteiger partial charge < -0.3 is 14.6 Å². The molecule has 1 unspecified atom stereocenters. The van der Waals surface area contributed by atoms with E-state index in [1.54, 1.807) is 42.7 Å². The molecular formula is C24H19N7O5. The number of pyridine rings is 1. The van der Waals surface area contributed by atoms with Gasteiger partial charge in [0.2, 0.25) is 11.8 Å². The van der Waals surface area contributed by atoms with Crippen LogP contribution in [0.25, 0.3) is 16.8 Å². The number of nitrogens with one attached hydrogen (secondary N) is 2. The highest BCUT2D eigenvalue weighted by molar-refractivity contribution is 6.05. The Morgan fingerprint density at radius 3 is 2.92 bits per heavy atom. The van der Waals surface area contributed by atoms with Crippen molar-refractivity contribution in [3.63, 3.8) is 0 Å². The maximum atomic E-state index is 12.9. The maximum absolute atomic E-state index is 12.9. The lowest BCUT2D eigenvalue weighted by Gasteiger charge is -2.29. The van der Waals surface area contributed by atoms with Gasteiger partial charge in [-0.1, -0.05) is 5.21 Å². The van der Waals surface area contributed by atoms with E-state index in [4.69, 9.17) is 4.42 Å². The second kappa shape index (κ2) is 8.41. The van der Waals surface area contributed by atoms with Gasteiger partial charge in [0.25, 0.3) is 11.8 Å². The van der Waals surface area contributed by atoms with Gasteiger partial charge in [-0.05, 0) is 42.3 Å². The van der Waals surface area contributed by atoms with Crippen molar-refractivity contribution in [3.05, 3.63) is 71.4 Å². The van der Waals surface area contributed by atoms with Crippen LogP contribution < -0.4 is 10.6 Å². The lowest BCUT2D eigenvalue weighted by molar-refractivity contribution is -0.136. The molecule has 3 aromatic heterocycles. The largest absolute Gasteiger partial charge is 0.463 e. The minimum absolute atomic E-state index is 0.126. The van der Waals surface area contributed by atoms with Crippen molar-refractivity contribution in [2.75, 3.05) is 0 Å². The van der Waals surface area contributed by atoms with Gasteiger partial charge in [0.15, 0.2) is 11.3 Å². The SMILES string of the molecule is O=C1CCC(N2Cc3cc(-n4cc(C(=O)NCc5ccc6occc6n5)nn4)ccc3C2=O)C(=O)N1. The van der Waals surface area contributed by atoms with E-state index in [0.717, 1.165) is 5.56 Å². The second-order valence-electron chi connectivity index (χ2n) is 8.58. The highest BCUT2D eigenvalue weighted by atomic mass is 16.3. The molecule has 5 heterocycles. The Kier molecular flexibility index (Phi) is 5.06. The molecule has 4 amide bonds. The number of benzene rings is 1. The molecule has 36 heavy (non-hydrogen) atoms. The minimum atomic E-state index is -0.684. The molecule has 2 aliphatic rings. The summed E-state index contributed by atoms with van der Waals surface area (Å²) in [7, 11) is 0. The molecule has 0 bridgehead atoms. The average Bonchev–Trinajstić information content (AvgIpc) is 3.61. The Hall–Kier alpha value is -4.87. The molecule has 1 atom stereocenters. The summed E-state index contributed by atoms with van der Waals surface area (Å²) in [6, 6.07) is 9.77. The van der Waals surface area contributed by atoms with E-state index >= 15 is 0 Å². The van der Waals surface area contributed by atoms with Gasteiger partial charge >= 0.3 is 0 Å². The number of imide groups is 1. The molecule has 180 valence electrons. The normalized spacial score (nSPS) is 17.4. The zero-order valence-electron chi connectivity index (χ0n) is 18.8. The summed E-state index contributed by atoms with van der Waals surface area (Å²) in [6.45, 7) is 0.453. The van der Waals surface area contributed by atoms with Crippen LogP contribution in [0.3, 0.4) is 0 Å². The summed E-state index contributed by atoms with van der Waals surface area (Å²) in [6.07, 6.45) is 3.54. The number of hydrogen-bond donors (Lipinski definition) is 2. The van der Waals surface area contributed by atoms with Crippen LogP contribution in [0.1, 0.15) is 44.9 Å². The fraction of sp³-hybridized carbons (Fsp3) is 0.208. The van der Waals surface area contributed by atoms with Crippen LogP contribution in [0.2, 0.25) is 0 Å². The van der Waals surface area contributed by atoms with Crippen molar-refractivity contribution in [2.45, 2.75) is 32.0 Å². The van der Waals surface area contributed by atoms with E-state index in [-0.39, 0.29) is 37.0 Å². The summed E-state index contributed by atoms with van der Waals surface area (Å²) < 4.78 is 6.72. The Bertz CT molecular complexity index is 1560. The van der Waals surface area contributed by atoms with Crippen LogP contribution in [0.5, 0.6) is 0 Å². The van der Waals surface area contributed by atoms with E-state index in [1.807, 2.05) is 0 Å². The summed E-state index contributed by atoms with van der Waals surface area (Å²) >= 11 is 0. The summed E-state index contributed by atoms with van der Waals surface area (Å²) in [5.41, 5.74) is 4.01.